The van der Waals surface area contributed by atoms with Crippen molar-refractivity contribution < 1.29 is 22.7 Å². The number of ketones is 1. The summed E-state index contributed by atoms with van der Waals surface area (Å²) in [5.41, 5.74) is 0.181. The van der Waals surface area contributed by atoms with Gasteiger partial charge in [-0.25, -0.2) is 8.42 Å². The Morgan fingerprint density at radius 1 is 1.21 bits per heavy atom. The Morgan fingerprint density at radius 3 is 2.16 bits per heavy atom. The number of carbonyl (C=O) groups excluding carboxylic acids is 1. The second-order valence-electron chi connectivity index (χ2n) is 4.02. The molecule has 106 valence electrons. The van der Waals surface area contributed by atoms with Gasteiger partial charge in [0.15, 0.2) is 15.6 Å². The fourth-order valence-corrected chi connectivity index (χ4v) is 2.47. The zero-order valence-electron chi connectivity index (χ0n) is 11.1. The summed E-state index contributed by atoms with van der Waals surface area (Å²) in [6, 6.07) is 3.04. The van der Waals surface area contributed by atoms with Gasteiger partial charge < -0.3 is 9.47 Å². The SMILES string of the molecule is COc1cc(C(=O)C(C)S(C)(=O)=O)c(OC)cc1Br. The largest absolute Gasteiger partial charge is 0.496 e. The first-order valence-corrected chi connectivity index (χ1v) is 8.11. The third-order valence-corrected chi connectivity index (χ3v) is 4.87. The molecule has 1 atom stereocenters. The van der Waals surface area contributed by atoms with Gasteiger partial charge in [-0.05, 0) is 35.0 Å². The van der Waals surface area contributed by atoms with Crippen LogP contribution in [0.15, 0.2) is 16.6 Å². The smallest absolute Gasteiger partial charge is 0.184 e. The molecule has 0 fully saturated rings. The van der Waals surface area contributed by atoms with Gasteiger partial charge in [0.2, 0.25) is 0 Å². The van der Waals surface area contributed by atoms with E-state index < -0.39 is 20.9 Å². The van der Waals surface area contributed by atoms with Crippen LogP contribution >= 0.6 is 15.9 Å². The van der Waals surface area contributed by atoms with E-state index >= 15 is 0 Å². The van der Waals surface area contributed by atoms with Gasteiger partial charge in [0, 0.05) is 6.26 Å². The molecule has 0 amide bonds. The monoisotopic (exact) mass is 350 g/mol. The number of benzene rings is 1. The van der Waals surface area contributed by atoms with E-state index in [0.29, 0.717) is 16.0 Å². The predicted molar refractivity (Wildman–Crippen MR) is 75.9 cm³/mol. The molecule has 1 aromatic rings. The fraction of sp³-hybridized carbons (Fsp3) is 0.417. The van der Waals surface area contributed by atoms with Crippen LogP contribution in [0.5, 0.6) is 11.5 Å². The molecular weight excluding hydrogens is 336 g/mol. The first-order valence-electron chi connectivity index (χ1n) is 5.37. The highest BCUT2D eigenvalue weighted by Gasteiger charge is 2.28. The summed E-state index contributed by atoms with van der Waals surface area (Å²) in [6.45, 7) is 1.35. The lowest BCUT2D eigenvalue weighted by Gasteiger charge is -2.14. The van der Waals surface area contributed by atoms with Crippen molar-refractivity contribution in [1.82, 2.24) is 0 Å². The van der Waals surface area contributed by atoms with Crippen LogP contribution in [-0.4, -0.2) is 39.9 Å². The molecule has 0 aliphatic heterocycles. The van der Waals surface area contributed by atoms with E-state index in [-0.39, 0.29) is 5.56 Å². The van der Waals surface area contributed by atoms with Crippen molar-refractivity contribution in [2.75, 3.05) is 20.5 Å². The first-order chi connectivity index (χ1) is 8.72. The molecule has 0 saturated carbocycles. The lowest BCUT2D eigenvalue weighted by Crippen LogP contribution is -2.26. The van der Waals surface area contributed by atoms with Crippen LogP contribution in [0, 0.1) is 0 Å². The molecule has 0 spiro atoms. The summed E-state index contributed by atoms with van der Waals surface area (Å²) < 4.78 is 33.8. The van der Waals surface area contributed by atoms with E-state index in [1.165, 1.54) is 27.2 Å². The average molecular weight is 351 g/mol. The maximum Gasteiger partial charge on any atom is 0.184 e. The summed E-state index contributed by atoms with van der Waals surface area (Å²) in [6.07, 6.45) is 1.03. The van der Waals surface area contributed by atoms with Gasteiger partial charge in [0.05, 0.1) is 24.3 Å². The number of Topliss-reactive ketones (excluding diaryl/α,β-unsaturated/α-hetero) is 1. The molecule has 5 nitrogen and oxygen atoms in total. The van der Waals surface area contributed by atoms with Crippen molar-refractivity contribution in [2.45, 2.75) is 12.2 Å². The Bertz CT molecular complexity index is 594. The van der Waals surface area contributed by atoms with E-state index in [1.807, 2.05) is 0 Å². The standard InChI is InChI=1S/C12H15BrO5S/c1-7(19(4,15)16)12(14)8-5-11(18-3)9(13)6-10(8)17-2/h5-7H,1-4H3. The Labute approximate surface area is 121 Å². The van der Waals surface area contributed by atoms with Crippen LogP contribution < -0.4 is 9.47 Å². The molecule has 1 rings (SSSR count). The highest BCUT2D eigenvalue weighted by Crippen LogP contribution is 2.33. The van der Waals surface area contributed by atoms with Crippen LogP contribution in [-0.2, 0) is 9.84 Å². The fourth-order valence-electron chi connectivity index (χ4n) is 1.47. The molecule has 1 unspecified atom stereocenters. The van der Waals surface area contributed by atoms with Gasteiger partial charge in [-0.3, -0.25) is 4.79 Å². The molecule has 19 heavy (non-hydrogen) atoms. The third kappa shape index (κ3) is 3.48. The van der Waals surface area contributed by atoms with Crippen molar-refractivity contribution in [3.8, 4) is 11.5 Å². The van der Waals surface area contributed by atoms with Gasteiger partial charge >= 0.3 is 0 Å². The molecular formula is C12H15BrO5S. The molecule has 0 heterocycles. The Balaban J connectivity index is 3.37. The Morgan fingerprint density at radius 2 is 1.74 bits per heavy atom. The van der Waals surface area contributed by atoms with Crippen LogP contribution in [0.2, 0.25) is 0 Å². The molecule has 0 N–H and O–H groups in total. The zero-order chi connectivity index (χ0) is 14.8. The zero-order valence-corrected chi connectivity index (χ0v) is 13.5. The van der Waals surface area contributed by atoms with Gasteiger partial charge in [0.1, 0.15) is 16.7 Å². The topological polar surface area (TPSA) is 69.7 Å². The number of sulfone groups is 1. The second kappa shape index (κ2) is 5.92. The van der Waals surface area contributed by atoms with Crippen LogP contribution in [0.1, 0.15) is 17.3 Å². The van der Waals surface area contributed by atoms with E-state index in [0.717, 1.165) is 6.26 Å². The van der Waals surface area contributed by atoms with Gasteiger partial charge in [-0.15, -0.1) is 0 Å². The molecule has 0 aliphatic carbocycles. The minimum Gasteiger partial charge on any atom is -0.496 e. The van der Waals surface area contributed by atoms with E-state index in [1.54, 1.807) is 6.07 Å². The van der Waals surface area contributed by atoms with Crippen LogP contribution in [0.3, 0.4) is 0 Å². The van der Waals surface area contributed by atoms with Gasteiger partial charge in [-0.1, -0.05) is 0 Å². The normalized spacial score (nSPS) is 12.9. The first kappa shape index (κ1) is 16.0. The maximum absolute atomic E-state index is 12.2. The summed E-state index contributed by atoms with van der Waals surface area (Å²) in [5.74, 6) is 0.211. The highest BCUT2D eigenvalue weighted by molar-refractivity contribution is 9.10. The molecule has 0 aliphatic rings. The quantitative estimate of drug-likeness (QED) is 0.760. The minimum atomic E-state index is -3.46. The lowest BCUT2D eigenvalue weighted by molar-refractivity contribution is 0.0988. The number of ether oxygens (including phenoxy) is 2. The molecule has 0 aromatic heterocycles. The number of hydrogen-bond donors (Lipinski definition) is 0. The number of hydrogen-bond acceptors (Lipinski definition) is 5. The van der Waals surface area contributed by atoms with Crippen LogP contribution in [0.25, 0.3) is 0 Å². The van der Waals surface area contributed by atoms with E-state index in [4.69, 9.17) is 9.47 Å². The summed E-state index contributed by atoms with van der Waals surface area (Å²) in [5, 5.41) is -1.13. The summed E-state index contributed by atoms with van der Waals surface area (Å²) >= 11 is 3.27. The average Bonchev–Trinajstić information content (AvgIpc) is 2.35. The number of rotatable bonds is 5. The lowest BCUT2D eigenvalue weighted by atomic mass is 10.1. The molecule has 1 aromatic carbocycles. The van der Waals surface area contributed by atoms with E-state index in [2.05, 4.69) is 15.9 Å². The van der Waals surface area contributed by atoms with Gasteiger partial charge in [-0.2, -0.15) is 0 Å². The minimum absolute atomic E-state index is 0.181. The van der Waals surface area contributed by atoms with Crippen molar-refractivity contribution in [3.63, 3.8) is 0 Å². The van der Waals surface area contributed by atoms with Crippen molar-refractivity contribution in [2.24, 2.45) is 0 Å². The third-order valence-electron chi connectivity index (χ3n) is 2.75. The van der Waals surface area contributed by atoms with Crippen molar-refractivity contribution in [3.05, 3.63) is 22.2 Å². The maximum atomic E-state index is 12.2. The summed E-state index contributed by atoms with van der Waals surface area (Å²) in [4.78, 5) is 12.2. The van der Waals surface area contributed by atoms with Gasteiger partial charge in [0.25, 0.3) is 0 Å². The Hall–Kier alpha value is -1.08. The Kier molecular flexibility index (Phi) is 4.98. The van der Waals surface area contributed by atoms with E-state index in [9.17, 15) is 13.2 Å². The number of halogens is 1. The molecule has 7 heteroatoms. The predicted octanol–water partition coefficient (Wildman–Crippen LogP) is 2.08. The number of methoxy groups -OCH3 is 2. The molecule has 0 bridgehead atoms. The summed E-state index contributed by atoms with van der Waals surface area (Å²) in [7, 11) is -0.591. The van der Waals surface area contributed by atoms with Crippen LogP contribution in [0.4, 0.5) is 0 Å². The highest BCUT2D eigenvalue weighted by atomic mass is 79.9. The number of carbonyl (C=O) groups is 1. The second-order valence-corrected chi connectivity index (χ2v) is 7.24. The van der Waals surface area contributed by atoms with Crippen molar-refractivity contribution >= 4 is 31.6 Å². The molecule has 0 radical (unpaired) electrons. The molecule has 0 saturated heterocycles. The van der Waals surface area contributed by atoms with Crippen molar-refractivity contribution in [1.29, 1.82) is 0 Å².